The molecule has 0 aromatic heterocycles. The van der Waals surface area contributed by atoms with Crippen LogP contribution in [0, 0.1) is 5.92 Å². The molecular weight excluding hydrogens is 264 g/mol. The molecule has 0 atom stereocenters. The lowest BCUT2D eigenvalue weighted by Gasteiger charge is -2.26. The van der Waals surface area contributed by atoms with Crippen molar-refractivity contribution >= 4 is 5.91 Å². The fourth-order valence-corrected chi connectivity index (χ4v) is 2.91. The molecule has 0 aliphatic heterocycles. The third kappa shape index (κ3) is 8.22. The quantitative estimate of drug-likeness (QED) is 0.471. The smallest absolute Gasteiger partial charge is 0.220 e. The molecule has 0 saturated heterocycles. The fraction of sp³-hybridized carbons (Fsp3) is 0.824. The van der Waals surface area contributed by atoms with Crippen LogP contribution in [0.3, 0.4) is 0 Å². The molecule has 1 amide bonds. The summed E-state index contributed by atoms with van der Waals surface area (Å²) in [4.78, 5) is 13.4. The number of nitrogens with two attached hydrogens (primary N) is 1. The van der Waals surface area contributed by atoms with Gasteiger partial charge in [0.15, 0.2) is 0 Å². The first-order valence-corrected chi connectivity index (χ1v) is 8.34. The molecule has 0 heterocycles. The average Bonchev–Trinajstić information content (AvgIpc) is 2.47. The average molecular weight is 296 g/mol. The molecule has 1 saturated carbocycles. The summed E-state index contributed by atoms with van der Waals surface area (Å²) in [6, 6.07) is 0. The van der Waals surface area contributed by atoms with E-state index in [4.69, 9.17) is 10.5 Å². The minimum atomic E-state index is -0.144. The van der Waals surface area contributed by atoms with Crippen molar-refractivity contribution < 1.29 is 9.53 Å². The standard InChI is InChI=1S/C17H32N2O2/c1-3-12-19(2)13-6-4-5-7-14-21-16-10-8-15(9-11-16)17(18)20/h3,15-16H,1,4-14H2,2H3,(H2,18,20). The second-order valence-corrected chi connectivity index (χ2v) is 6.21. The number of hydrogen-bond donors (Lipinski definition) is 1. The van der Waals surface area contributed by atoms with Crippen LogP contribution in [-0.2, 0) is 9.53 Å². The first kappa shape index (κ1) is 18.2. The highest BCUT2D eigenvalue weighted by molar-refractivity contribution is 5.76. The van der Waals surface area contributed by atoms with Crippen LogP contribution in [0.25, 0.3) is 0 Å². The van der Waals surface area contributed by atoms with Crippen LogP contribution < -0.4 is 5.73 Å². The van der Waals surface area contributed by atoms with Crippen LogP contribution in [-0.4, -0.2) is 43.7 Å². The van der Waals surface area contributed by atoms with Gasteiger partial charge < -0.3 is 15.4 Å². The predicted molar refractivity (Wildman–Crippen MR) is 87.1 cm³/mol. The number of primary amides is 1. The summed E-state index contributed by atoms with van der Waals surface area (Å²) in [5.41, 5.74) is 5.33. The van der Waals surface area contributed by atoms with Crippen LogP contribution in [0.15, 0.2) is 12.7 Å². The number of carbonyl (C=O) groups excluding carboxylic acids is 1. The van der Waals surface area contributed by atoms with E-state index < -0.39 is 0 Å². The molecule has 0 bridgehead atoms. The van der Waals surface area contributed by atoms with Gasteiger partial charge in [-0.2, -0.15) is 0 Å². The molecule has 1 aliphatic carbocycles. The Labute approximate surface area is 129 Å². The Morgan fingerprint density at radius 2 is 1.90 bits per heavy atom. The van der Waals surface area contributed by atoms with Gasteiger partial charge in [-0.15, -0.1) is 6.58 Å². The maximum atomic E-state index is 11.1. The third-order valence-electron chi connectivity index (χ3n) is 4.31. The summed E-state index contributed by atoms with van der Waals surface area (Å²) in [7, 11) is 2.13. The van der Waals surface area contributed by atoms with E-state index in [2.05, 4.69) is 18.5 Å². The number of amides is 1. The molecule has 4 nitrogen and oxygen atoms in total. The second-order valence-electron chi connectivity index (χ2n) is 6.21. The minimum absolute atomic E-state index is 0.0809. The van der Waals surface area contributed by atoms with Gasteiger partial charge in [0.25, 0.3) is 0 Å². The molecule has 1 rings (SSSR count). The Balaban J connectivity index is 1.91. The van der Waals surface area contributed by atoms with Crippen LogP contribution in [0.2, 0.25) is 0 Å². The summed E-state index contributed by atoms with van der Waals surface area (Å²) in [6.07, 6.45) is 10.9. The van der Waals surface area contributed by atoms with Gasteiger partial charge in [-0.25, -0.2) is 0 Å². The van der Waals surface area contributed by atoms with Crippen LogP contribution >= 0.6 is 0 Å². The number of hydrogen-bond acceptors (Lipinski definition) is 3. The Hall–Kier alpha value is -0.870. The van der Waals surface area contributed by atoms with E-state index in [-0.39, 0.29) is 11.8 Å². The lowest BCUT2D eigenvalue weighted by atomic mass is 9.87. The molecule has 0 aromatic rings. The highest BCUT2D eigenvalue weighted by Gasteiger charge is 2.24. The highest BCUT2D eigenvalue weighted by Crippen LogP contribution is 2.26. The molecule has 1 fully saturated rings. The maximum absolute atomic E-state index is 11.1. The van der Waals surface area contributed by atoms with Gasteiger partial charge in [0, 0.05) is 19.1 Å². The zero-order valence-corrected chi connectivity index (χ0v) is 13.6. The summed E-state index contributed by atoms with van der Waals surface area (Å²) in [5, 5.41) is 0. The van der Waals surface area contributed by atoms with E-state index in [0.29, 0.717) is 6.10 Å². The number of carbonyl (C=O) groups is 1. The minimum Gasteiger partial charge on any atom is -0.378 e. The van der Waals surface area contributed by atoms with Crippen molar-refractivity contribution in [2.24, 2.45) is 11.7 Å². The van der Waals surface area contributed by atoms with Gasteiger partial charge in [-0.3, -0.25) is 4.79 Å². The van der Waals surface area contributed by atoms with Gasteiger partial charge in [-0.05, 0) is 52.1 Å². The topological polar surface area (TPSA) is 55.6 Å². The SMILES string of the molecule is C=CCN(C)CCCCCCOC1CCC(C(N)=O)CC1. The molecule has 0 spiro atoms. The monoisotopic (exact) mass is 296 g/mol. The van der Waals surface area contributed by atoms with Gasteiger partial charge in [0.05, 0.1) is 6.10 Å². The van der Waals surface area contributed by atoms with Crippen LogP contribution in [0.5, 0.6) is 0 Å². The van der Waals surface area contributed by atoms with Crippen molar-refractivity contribution in [1.82, 2.24) is 4.90 Å². The summed E-state index contributed by atoms with van der Waals surface area (Å²) in [5.74, 6) is -0.0627. The van der Waals surface area contributed by atoms with Crippen molar-refractivity contribution in [2.45, 2.75) is 57.5 Å². The summed E-state index contributed by atoms with van der Waals surface area (Å²) >= 11 is 0. The van der Waals surface area contributed by atoms with Crippen molar-refractivity contribution in [3.05, 3.63) is 12.7 Å². The number of unbranched alkanes of at least 4 members (excludes halogenated alkanes) is 3. The van der Waals surface area contributed by atoms with Crippen LogP contribution in [0.1, 0.15) is 51.4 Å². The predicted octanol–water partition coefficient (Wildman–Crippen LogP) is 2.73. The molecule has 2 N–H and O–H groups in total. The zero-order chi connectivity index (χ0) is 15.5. The number of ether oxygens (including phenoxy) is 1. The van der Waals surface area contributed by atoms with E-state index >= 15 is 0 Å². The first-order chi connectivity index (χ1) is 10.1. The molecule has 21 heavy (non-hydrogen) atoms. The van der Waals surface area contributed by atoms with E-state index in [1.54, 1.807) is 0 Å². The van der Waals surface area contributed by atoms with Crippen LogP contribution in [0.4, 0.5) is 0 Å². The van der Waals surface area contributed by atoms with Gasteiger partial charge in [0.1, 0.15) is 0 Å². The summed E-state index contributed by atoms with van der Waals surface area (Å²) < 4.78 is 5.90. The van der Waals surface area contributed by atoms with E-state index in [0.717, 1.165) is 51.8 Å². The Morgan fingerprint density at radius 3 is 2.52 bits per heavy atom. The molecule has 4 heteroatoms. The third-order valence-corrected chi connectivity index (χ3v) is 4.31. The van der Waals surface area contributed by atoms with E-state index in [9.17, 15) is 4.79 Å². The normalized spacial score (nSPS) is 22.4. The first-order valence-electron chi connectivity index (χ1n) is 8.34. The Morgan fingerprint density at radius 1 is 1.24 bits per heavy atom. The number of nitrogens with zero attached hydrogens (tertiary/aromatic N) is 1. The van der Waals surface area contributed by atoms with Crippen molar-refractivity contribution in [1.29, 1.82) is 0 Å². The molecule has 122 valence electrons. The van der Waals surface area contributed by atoms with Crippen molar-refractivity contribution in [3.63, 3.8) is 0 Å². The highest BCUT2D eigenvalue weighted by atomic mass is 16.5. The number of likely N-dealkylation sites (N-methyl/N-ethyl adjacent to an activating group) is 1. The lowest BCUT2D eigenvalue weighted by Crippen LogP contribution is -2.30. The lowest BCUT2D eigenvalue weighted by molar-refractivity contribution is -0.123. The summed E-state index contributed by atoms with van der Waals surface area (Å²) in [6.45, 7) is 6.71. The molecule has 0 unspecified atom stereocenters. The van der Waals surface area contributed by atoms with Gasteiger partial charge in [-0.1, -0.05) is 18.9 Å². The second kappa shape index (κ2) is 10.8. The Kier molecular flexibility index (Phi) is 9.35. The molecule has 1 aliphatic rings. The molecule has 0 aromatic carbocycles. The van der Waals surface area contributed by atoms with Gasteiger partial charge >= 0.3 is 0 Å². The molecule has 0 radical (unpaired) electrons. The van der Waals surface area contributed by atoms with E-state index in [1.165, 1.54) is 19.3 Å². The Bertz CT molecular complexity index is 299. The largest absolute Gasteiger partial charge is 0.378 e. The molecular formula is C17H32N2O2. The fourth-order valence-electron chi connectivity index (χ4n) is 2.91. The van der Waals surface area contributed by atoms with E-state index in [1.807, 2.05) is 6.08 Å². The maximum Gasteiger partial charge on any atom is 0.220 e. The van der Waals surface area contributed by atoms with Crippen molar-refractivity contribution in [3.8, 4) is 0 Å². The number of rotatable bonds is 11. The van der Waals surface area contributed by atoms with Crippen molar-refractivity contribution in [2.75, 3.05) is 26.7 Å². The zero-order valence-electron chi connectivity index (χ0n) is 13.6. The van der Waals surface area contributed by atoms with Gasteiger partial charge in [0.2, 0.25) is 5.91 Å².